The summed E-state index contributed by atoms with van der Waals surface area (Å²) in [4.78, 5) is 38.4. The first kappa shape index (κ1) is 32.3. The summed E-state index contributed by atoms with van der Waals surface area (Å²) in [7, 11) is 0. The largest absolute Gasteiger partial charge is 0.399 e. The number of carbonyl (C=O) groups excluding carboxylic acids is 3. The first-order chi connectivity index (χ1) is 18.5. The van der Waals surface area contributed by atoms with E-state index in [0.717, 1.165) is 0 Å². The van der Waals surface area contributed by atoms with Crippen molar-refractivity contribution in [1.29, 1.82) is 0 Å². The SMILES string of the molecule is CC.CC.CC(C)CNC(=O)c1cc(NC(=O)c2cc(N)cc(N)c2)cc(NC(=O)c2cc(N)cc(N)c2)c1. The van der Waals surface area contributed by atoms with Crippen molar-refractivity contribution < 1.29 is 14.4 Å². The second kappa shape index (κ2) is 15.5. The molecule has 10 heteroatoms. The molecule has 39 heavy (non-hydrogen) atoms. The Balaban J connectivity index is 0.00000181. The van der Waals surface area contributed by atoms with Crippen LogP contribution in [0.5, 0.6) is 0 Å². The first-order valence-electron chi connectivity index (χ1n) is 12.9. The minimum atomic E-state index is -0.482. The zero-order chi connectivity index (χ0) is 29.7. The molecule has 10 nitrogen and oxygen atoms in total. The second-order valence-electron chi connectivity index (χ2n) is 8.59. The van der Waals surface area contributed by atoms with Crippen LogP contribution in [0.25, 0.3) is 0 Å². The van der Waals surface area contributed by atoms with Crippen molar-refractivity contribution in [2.75, 3.05) is 40.1 Å². The van der Waals surface area contributed by atoms with E-state index in [1.165, 1.54) is 54.6 Å². The van der Waals surface area contributed by atoms with E-state index in [2.05, 4.69) is 16.0 Å². The minimum absolute atomic E-state index is 0.240. The predicted molar refractivity (Wildman–Crippen MR) is 163 cm³/mol. The lowest BCUT2D eigenvalue weighted by molar-refractivity contribution is 0.0946. The summed E-state index contributed by atoms with van der Waals surface area (Å²) in [5.41, 5.74) is 25.8. The number of nitrogen functional groups attached to an aromatic ring is 4. The molecule has 0 aromatic heterocycles. The number of hydrogen-bond donors (Lipinski definition) is 7. The molecule has 3 aromatic rings. The molecule has 0 aliphatic rings. The fourth-order valence-corrected chi connectivity index (χ4v) is 3.32. The highest BCUT2D eigenvalue weighted by Crippen LogP contribution is 2.23. The number of carbonyl (C=O) groups is 3. The van der Waals surface area contributed by atoms with Crippen LogP contribution in [0.1, 0.15) is 72.6 Å². The van der Waals surface area contributed by atoms with Crippen molar-refractivity contribution in [3.05, 3.63) is 71.3 Å². The van der Waals surface area contributed by atoms with Crippen LogP contribution in [0.2, 0.25) is 0 Å². The third-order valence-corrected chi connectivity index (χ3v) is 4.86. The number of benzene rings is 3. The molecule has 11 N–H and O–H groups in total. The van der Waals surface area contributed by atoms with Crippen molar-refractivity contribution in [3.63, 3.8) is 0 Å². The van der Waals surface area contributed by atoms with Gasteiger partial charge < -0.3 is 38.9 Å². The molecule has 0 heterocycles. The third kappa shape index (κ3) is 10.3. The van der Waals surface area contributed by atoms with Gasteiger partial charge in [-0.3, -0.25) is 14.4 Å². The Morgan fingerprint density at radius 3 is 1.23 bits per heavy atom. The van der Waals surface area contributed by atoms with Crippen LogP contribution < -0.4 is 38.9 Å². The van der Waals surface area contributed by atoms with Gasteiger partial charge in [0.2, 0.25) is 0 Å². The molecule has 0 saturated heterocycles. The van der Waals surface area contributed by atoms with Crippen LogP contribution in [-0.4, -0.2) is 24.3 Å². The average molecular weight is 536 g/mol. The Labute approximate surface area is 230 Å². The lowest BCUT2D eigenvalue weighted by Gasteiger charge is -2.14. The molecule has 0 saturated carbocycles. The molecule has 210 valence electrons. The second-order valence-corrected chi connectivity index (χ2v) is 8.59. The third-order valence-electron chi connectivity index (χ3n) is 4.86. The van der Waals surface area contributed by atoms with Crippen molar-refractivity contribution in [1.82, 2.24) is 5.32 Å². The summed E-state index contributed by atoms with van der Waals surface area (Å²) in [5.74, 6) is -1.08. The standard InChI is InChI=1S/C25H29N7O3.2C2H6/c1-13(2)12-30-23(33)16-7-21(31-24(34)14-3-17(26)9-18(27)4-14)11-22(8-16)32-25(35)15-5-19(28)10-20(29)6-15;2*1-2/h3-11,13H,12,26-29H2,1-2H3,(H,30,33)(H,31,34)(H,32,35);2*1-2H3. The van der Waals surface area contributed by atoms with Gasteiger partial charge in [-0.2, -0.15) is 0 Å². The highest BCUT2D eigenvalue weighted by molar-refractivity contribution is 6.09. The van der Waals surface area contributed by atoms with E-state index in [4.69, 9.17) is 22.9 Å². The van der Waals surface area contributed by atoms with Crippen molar-refractivity contribution in [2.45, 2.75) is 41.5 Å². The van der Waals surface area contributed by atoms with Crippen LogP contribution in [0, 0.1) is 5.92 Å². The summed E-state index contributed by atoms with van der Waals surface area (Å²) in [6.45, 7) is 12.4. The molecule has 0 radical (unpaired) electrons. The van der Waals surface area contributed by atoms with E-state index in [1.54, 1.807) is 0 Å². The zero-order valence-electron chi connectivity index (χ0n) is 23.5. The Morgan fingerprint density at radius 1 is 0.564 bits per heavy atom. The highest BCUT2D eigenvalue weighted by atomic mass is 16.2. The van der Waals surface area contributed by atoms with Crippen molar-refractivity contribution in [2.24, 2.45) is 5.92 Å². The molecule has 0 aliphatic carbocycles. The molecular weight excluding hydrogens is 494 g/mol. The van der Waals surface area contributed by atoms with Crippen molar-refractivity contribution >= 4 is 51.8 Å². The predicted octanol–water partition coefficient (Wildman–Crippen LogP) is 4.96. The molecule has 0 aliphatic heterocycles. The lowest BCUT2D eigenvalue weighted by atomic mass is 10.1. The van der Waals surface area contributed by atoms with Gasteiger partial charge >= 0.3 is 0 Å². The van der Waals surface area contributed by atoms with Gasteiger partial charge in [0, 0.05) is 57.4 Å². The highest BCUT2D eigenvalue weighted by Gasteiger charge is 2.15. The van der Waals surface area contributed by atoms with E-state index in [0.29, 0.717) is 29.3 Å². The number of amides is 3. The Morgan fingerprint density at radius 2 is 0.897 bits per heavy atom. The number of rotatable bonds is 7. The summed E-state index contributed by atoms with van der Waals surface area (Å²) in [5, 5.41) is 8.27. The van der Waals surface area contributed by atoms with E-state index < -0.39 is 11.8 Å². The quantitative estimate of drug-likeness (QED) is 0.208. The Bertz CT molecular complexity index is 1170. The van der Waals surface area contributed by atoms with Gasteiger partial charge in [0.05, 0.1) is 0 Å². The Kier molecular flexibility index (Phi) is 12.8. The van der Waals surface area contributed by atoms with Gasteiger partial charge in [-0.15, -0.1) is 0 Å². The minimum Gasteiger partial charge on any atom is -0.399 e. The van der Waals surface area contributed by atoms with Crippen LogP contribution in [0.15, 0.2) is 54.6 Å². The van der Waals surface area contributed by atoms with Crippen LogP contribution in [0.4, 0.5) is 34.1 Å². The van der Waals surface area contributed by atoms with Gasteiger partial charge in [-0.25, -0.2) is 0 Å². The van der Waals surface area contributed by atoms with Crippen molar-refractivity contribution in [3.8, 4) is 0 Å². The van der Waals surface area contributed by atoms with Gasteiger partial charge in [0.15, 0.2) is 0 Å². The van der Waals surface area contributed by atoms with Gasteiger partial charge in [-0.05, 0) is 60.5 Å². The fraction of sp³-hybridized carbons (Fsp3) is 0.276. The maximum Gasteiger partial charge on any atom is 0.255 e. The fourth-order valence-electron chi connectivity index (χ4n) is 3.32. The average Bonchev–Trinajstić information content (AvgIpc) is 2.88. The van der Waals surface area contributed by atoms with Gasteiger partial charge in [-0.1, -0.05) is 41.5 Å². The Hall–Kier alpha value is -4.73. The molecule has 0 bridgehead atoms. The van der Waals surface area contributed by atoms with Gasteiger partial charge in [0.25, 0.3) is 17.7 Å². The number of hydrogen-bond acceptors (Lipinski definition) is 7. The first-order valence-corrected chi connectivity index (χ1v) is 12.9. The molecule has 0 fully saturated rings. The van der Waals surface area contributed by atoms with Crippen LogP contribution in [0.3, 0.4) is 0 Å². The van der Waals surface area contributed by atoms with E-state index in [-0.39, 0.29) is 39.9 Å². The maximum absolute atomic E-state index is 12.8. The normalized spacial score (nSPS) is 9.82. The lowest BCUT2D eigenvalue weighted by Crippen LogP contribution is -2.27. The molecule has 0 unspecified atom stereocenters. The summed E-state index contributed by atoms with van der Waals surface area (Å²) >= 11 is 0. The number of nitrogens with one attached hydrogen (secondary N) is 3. The summed E-state index contributed by atoms with van der Waals surface area (Å²) in [6, 6.07) is 13.6. The monoisotopic (exact) mass is 535 g/mol. The maximum atomic E-state index is 12.8. The smallest absolute Gasteiger partial charge is 0.255 e. The molecular formula is C29H41N7O3. The molecule has 3 aromatic carbocycles. The van der Waals surface area contributed by atoms with E-state index in [9.17, 15) is 14.4 Å². The van der Waals surface area contributed by atoms with Crippen LogP contribution >= 0.6 is 0 Å². The summed E-state index contributed by atoms with van der Waals surface area (Å²) < 4.78 is 0. The molecule has 3 rings (SSSR count). The number of nitrogens with two attached hydrogens (primary N) is 4. The van der Waals surface area contributed by atoms with Gasteiger partial charge in [0.1, 0.15) is 0 Å². The zero-order valence-corrected chi connectivity index (χ0v) is 23.5. The molecule has 0 spiro atoms. The van der Waals surface area contributed by atoms with E-state index >= 15 is 0 Å². The summed E-state index contributed by atoms with van der Waals surface area (Å²) in [6.07, 6.45) is 0. The van der Waals surface area contributed by atoms with E-state index in [1.807, 2.05) is 41.5 Å². The van der Waals surface area contributed by atoms with Crippen LogP contribution in [-0.2, 0) is 0 Å². The molecule has 3 amide bonds. The molecule has 0 atom stereocenters. The number of anilines is 6. The topological polar surface area (TPSA) is 191 Å².